The lowest BCUT2D eigenvalue weighted by atomic mass is 10.2. The predicted octanol–water partition coefficient (Wildman–Crippen LogP) is 1.38. The highest BCUT2D eigenvalue weighted by molar-refractivity contribution is 6.05. The lowest BCUT2D eigenvalue weighted by Gasteiger charge is -1.94. The van der Waals surface area contributed by atoms with Crippen LogP contribution in [0.5, 0.6) is 0 Å². The largest absolute Gasteiger partial charge is 0.463 e. The zero-order chi connectivity index (χ0) is 11.1. The Hall–Kier alpha value is -1.97. The Balaban J connectivity index is 2.60. The third kappa shape index (κ3) is 3.72. The average molecular weight is 205 g/mol. The summed E-state index contributed by atoms with van der Waals surface area (Å²) in [6, 6.07) is 5.00. The second-order valence-electron chi connectivity index (χ2n) is 2.66. The van der Waals surface area contributed by atoms with Crippen LogP contribution in [0.3, 0.4) is 0 Å². The van der Waals surface area contributed by atoms with Crippen molar-refractivity contribution in [1.82, 2.24) is 4.98 Å². The first kappa shape index (κ1) is 11.1. The second-order valence-corrected chi connectivity index (χ2v) is 2.66. The highest BCUT2D eigenvalue weighted by Crippen LogP contribution is 1.96. The van der Waals surface area contributed by atoms with Crippen LogP contribution in [0, 0.1) is 0 Å². The molecule has 0 saturated heterocycles. The maximum atomic E-state index is 11.4. The van der Waals surface area contributed by atoms with Gasteiger partial charge in [-0.1, -0.05) is 6.07 Å². The normalized spacial score (nSPS) is 10.2. The molecule has 1 rings (SSSR count). The number of nitrogens with zero attached hydrogens (tertiary/aromatic N) is 1. The van der Waals surface area contributed by atoms with Crippen molar-refractivity contribution in [3.63, 3.8) is 0 Å². The number of hydrogen-bond donors (Lipinski definition) is 0. The summed E-state index contributed by atoms with van der Waals surface area (Å²) >= 11 is 0. The molecule has 4 heteroatoms. The molecule has 1 aromatic heterocycles. The molecule has 0 N–H and O–H groups in total. The van der Waals surface area contributed by atoms with E-state index < -0.39 is 5.97 Å². The smallest absolute Gasteiger partial charge is 0.330 e. The van der Waals surface area contributed by atoms with Crippen LogP contribution < -0.4 is 0 Å². The van der Waals surface area contributed by atoms with Gasteiger partial charge < -0.3 is 4.74 Å². The molecule has 0 aliphatic rings. The van der Waals surface area contributed by atoms with E-state index in [4.69, 9.17) is 0 Å². The third-order valence-electron chi connectivity index (χ3n) is 1.57. The second kappa shape index (κ2) is 5.70. The van der Waals surface area contributed by atoms with Crippen molar-refractivity contribution < 1.29 is 14.3 Å². The van der Waals surface area contributed by atoms with E-state index in [0.29, 0.717) is 12.3 Å². The van der Waals surface area contributed by atoms with Crippen LogP contribution in [-0.2, 0) is 9.53 Å². The first-order chi connectivity index (χ1) is 7.24. The van der Waals surface area contributed by atoms with Crippen molar-refractivity contribution in [2.45, 2.75) is 6.92 Å². The zero-order valence-corrected chi connectivity index (χ0v) is 8.34. The van der Waals surface area contributed by atoms with Gasteiger partial charge in [-0.2, -0.15) is 0 Å². The Morgan fingerprint density at radius 3 is 2.80 bits per heavy atom. The molecule has 0 bridgehead atoms. The van der Waals surface area contributed by atoms with E-state index in [0.717, 1.165) is 12.2 Å². The lowest BCUT2D eigenvalue weighted by molar-refractivity contribution is -0.137. The number of allylic oxidation sites excluding steroid dienone is 1. The standard InChI is InChI=1S/C11H11NO3/c1-2-15-11(14)7-6-10(13)9-5-3-4-8-12-9/h3-8H,2H2,1H3/b7-6+. The minimum Gasteiger partial charge on any atom is -0.463 e. The summed E-state index contributed by atoms with van der Waals surface area (Å²) in [5, 5.41) is 0. The summed E-state index contributed by atoms with van der Waals surface area (Å²) in [6.45, 7) is 1.99. The van der Waals surface area contributed by atoms with Crippen LogP contribution in [-0.4, -0.2) is 23.3 Å². The lowest BCUT2D eigenvalue weighted by Crippen LogP contribution is -2.02. The van der Waals surface area contributed by atoms with Crippen LogP contribution in [0.15, 0.2) is 36.5 Å². The first-order valence-corrected chi connectivity index (χ1v) is 4.54. The van der Waals surface area contributed by atoms with Gasteiger partial charge in [0.15, 0.2) is 0 Å². The zero-order valence-electron chi connectivity index (χ0n) is 8.34. The maximum Gasteiger partial charge on any atom is 0.330 e. The van der Waals surface area contributed by atoms with Crippen molar-refractivity contribution in [2.75, 3.05) is 6.61 Å². The molecule has 0 fully saturated rings. The first-order valence-electron chi connectivity index (χ1n) is 4.54. The molecule has 78 valence electrons. The fraction of sp³-hybridized carbons (Fsp3) is 0.182. The summed E-state index contributed by atoms with van der Waals surface area (Å²) < 4.78 is 4.63. The van der Waals surface area contributed by atoms with Gasteiger partial charge >= 0.3 is 5.97 Å². The van der Waals surface area contributed by atoms with Gasteiger partial charge in [-0.3, -0.25) is 9.78 Å². The summed E-state index contributed by atoms with van der Waals surface area (Å²) in [6.07, 6.45) is 3.77. The number of rotatable bonds is 4. The minimum absolute atomic E-state index is 0.293. The van der Waals surface area contributed by atoms with E-state index in [2.05, 4.69) is 9.72 Å². The number of esters is 1. The Morgan fingerprint density at radius 1 is 1.40 bits per heavy atom. The summed E-state index contributed by atoms with van der Waals surface area (Å²) in [5.41, 5.74) is 0.304. The van der Waals surface area contributed by atoms with Crippen LogP contribution in [0.25, 0.3) is 0 Å². The summed E-state index contributed by atoms with van der Waals surface area (Å²) in [7, 11) is 0. The SMILES string of the molecule is CCOC(=O)/C=C/C(=O)c1ccccn1. The van der Waals surface area contributed by atoms with Crippen molar-refractivity contribution >= 4 is 11.8 Å². The molecule has 4 nitrogen and oxygen atoms in total. The predicted molar refractivity (Wildman–Crippen MR) is 54.3 cm³/mol. The molecule has 0 saturated carbocycles. The number of ketones is 1. The number of hydrogen-bond acceptors (Lipinski definition) is 4. The van der Waals surface area contributed by atoms with Gasteiger partial charge in [-0.05, 0) is 25.1 Å². The van der Waals surface area contributed by atoms with Gasteiger partial charge in [0.05, 0.1) is 6.61 Å². The van der Waals surface area contributed by atoms with Gasteiger partial charge in [0.2, 0.25) is 5.78 Å². The van der Waals surface area contributed by atoms with E-state index in [1.165, 1.54) is 6.20 Å². The van der Waals surface area contributed by atoms with Crippen molar-refractivity contribution in [2.24, 2.45) is 0 Å². The molecule has 0 radical (unpaired) electrons. The van der Waals surface area contributed by atoms with Gasteiger partial charge in [-0.25, -0.2) is 4.79 Å². The van der Waals surface area contributed by atoms with E-state index >= 15 is 0 Å². The van der Waals surface area contributed by atoms with Crippen LogP contribution in [0.2, 0.25) is 0 Å². The third-order valence-corrected chi connectivity index (χ3v) is 1.57. The van der Waals surface area contributed by atoms with Gasteiger partial charge in [0.1, 0.15) is 5.69 Å². The maximum absolute atomic E-state index is 11.4. The van der Waals surface area contributed by atoms with E-state index in [1.807, 2.05) is 0 Å². The molecule has 1 heterocycles. The molecule has 0 unspecified atom stereocenters. The molecule has 0 aliphatic carbocycles. The molecule has 15 heavy (non-hydrogen) atoms. The Labute approximate surface area is 87.6 Å². The number of pyridine rings is 1. The number of ether oxygens (including phenoxy) is 1. The van der Waals surface area contributed by atoms with Crippen LogP contribution in [0.1, 0.15) is 17.4 Å². The Bertz CT molecular complexity index is 371. The van der Waals surface area contributed by atoms with Crippen LogP contribution in [0.4, 0.5) is 0 Å². The number of aromatic nitrogens is 1. The number of carbonyl (C=O) groups excluding carboxylic acids is 2. The van der Waals surface area contributed by atoms with Crippen molar-refractivity contribution in [3.05, 3.63) is 42.2 Å². The fourth-order valence-corrected chi connectivity index (χ4v) is 0.928. The molecule has 0 spiro atoms. The highest BCUT2D eigenvalue weighted by atomic mass is 16.5. The highest BCUT2D eigenvalue weighted by Gasteiger charge is 2.02. The van der Waals surface area contributed by atoms with Crippen molar-refractivity contribution in [1.29, 1.82) is 0 Å². The fourth-order valence-electron chi connectivity index (χ4n) is 0.928. The van der Waals surface area contributed by atoms with Gasteiger partial charge in [0, 0.05) is 12.3 Å². The monoisotopic (exact) mass is 205 g/mol. The topological polar surface area (TPSA) is 56.3 Å². The minimum atomic E-state index is -0.526. The molecular formula is C11H11NO3. The average Bonchev–Trinajstić information content (AvgIpc) is 2.27. The quantitative estimate of drug-likeness (QED) is 0.423. The molecule has 1 aromatic rings. The molecular weight excluding hydrogens is 194 g/mol. The van der Waals surface area contributed by atoms with E-state index in [9.17, 15) is 9.59 Å². The van der Waals surface area contributed by atoms with Gasteiger partial charge in [0.25, 0.3) is 0 Å². The van der Waals surface area contributed by atoms with Gasteiger partial charge in [-0.15, -0.1) is 0 Å². The molecule has 0 atom stereocenters. The Morgan fingerprint density at radius 2 is 2.20 bits per heavy atom. The summed E-state index contributed by atoms with van der Waals surface area (Å²) in [5.74, 6) is -0.842. The van der Waals surface area contributed by atoms with E-state index in [-0.39, 0.29) is 5.78 Å². The van der Waals surface area contributed by atoms with Crippen LogP contribution >= 0.6 is 0 Å². The molecule has 0 aromatic carbocycles. The summed E-state index contributed by atoms with van der Waals surface area (Å²) in [4.78, 5) is 26.1. The molecule has 0 amide bonds. The Kier molecular flexibility index (Phi) is 4.22. The number of carbonyl (C=O) groups is 2. The molecule has 0 aliphatic heterocycles. The van der Waals surface area contributed by atoms with Crippen molar-refractivity contribution in [3.8, 4) is 0 Å². The van der Waals surface area contributed by atoms with E-state index in [1.54, 1.807) is 25.1 Å².